The second kappa shape index (κ2) is 6.80. The Morgan fingerprint density at radius 2 is 1.84 bits per heavy atom. The second-order valence-electron chi connectivity index (χ2n) is 4.34. The summed E-state index contributed by atoms with van der Waals surface area (Å²) in [6, 6.07) is 10.9. The number of anilines is 1. The van der Waals surface area contributed by atoms with Gasteiger partial charge in [-0.15, -0.1) is 0 Å². The van der Waals surface area contributed by atoms with E-state index in [1.54, 1.807) is 12.1 Å². The van der Waals surface area contributed by atoms with E-state index in [1.165, 1.54) is 12.3 Å². The third-order valence-electron chi connectivity index (χ3n) is 2.83. The first-order chi connectivity index (χ1) is 9.25. The van der Waals surface area contributed by atoms with E-state index in [0.717, 1.165) is 25.3 Å². The Balaban J connectivity index is 0.000000163. The summed E-state index contributed by atoms with van der Waals surface area (Å²) in [5.74, 6) is 0.618. The monoisotopic (exact) mass is 260 g/mol. The van der Waals surface area contributed by atoms with Crippen molar-refractivity contribution in [1.29, 1.82) is 0 Å². The minimum atomic E-state index is -0.428. The first-order valence-electron chi connectivity index (χ1n) is 6.24. The van der Waals surface area contributed by atoms with Crippen LogP contribution in [0.3, 0.4) is 0 Å². The number of nitrogens with zero attached hydrogens (tertiary/aromatic N) is 3. The van der Waals surface area contributed by atoms with Gasteiger partial charge in [0.2, 0.25) is 5.95 Å². The molecule has 1 aliphatic heterocycles. The molecule has 2 N–H and O–H groups in total. The molecule has 2 aromatic heterocycles. The van der Waals surface area contributed by atoms with Crippen molar-refractivity contribution in [1.82, 2.24) is 9.97 Å². The molecular formula is C14H17FN4. The molecule has 3 heterocycles. The number of nitrogens with two attached hydrogens (primary N) is 1. The Morgan fingerprint density at radius 1 is 1.11 bits per heavy atom. The molecule has 1 atom stereocenters. The average molecular weight is 260 g/mol. The summed E-state index contributed by atoms with van der Waals surface area (Å²) >= 11 is 0. The molecule has 1 aliphatic rings. The standard InChI is InChI=1S/C9H13N3.C5H4FN/c10-8-4-6-12(7-8)9-3-1-2-5-11-9;6-5-3-1-2-4-7-5/h1-3,5,8H,4,6-7,10H2;1-4H. The number of hydrogen-bond acceptors (Lipinski definition) is 4. The zero-order valence-electron chi connectivity index (χ0n) is 10.6. The van der Waals surface area contributed by atoms with Crippen LogP contribution in [0.25, 0.3) is 0 Å². The van der Waals surface area contributed by atoms with E-state index in [1.807, 2.05) is 24.4 Å². The van der Waals surface area contributed by atoms with Crippen molar-refractivity contribution in [3.63, 3.8) is 0 Å². The molecule has 19 heavy (non-hydrogen) atoms. The van der Waals surface area contributed by atoms with Gasteiger partial charge < -0.3 is 10.6 Å². The van der Waals surface area contributed by atoms with Crippen LogP contribution in [-0.4, -0.2) is 29.1 Å². The number of aromatic nitrogens is 2. The van der Waals surface area contributed by atoms with Gasteiger partial charge in [0.05, 0.1) is 0 Å². The summed E-state index contributed by atoms with van der Waals surface area (Å²) in [4.78, 5) is 9.80. The molecule has 0 spiro atoms. The lowest BCUT2D eigenvalue weighted by Gasteiger charge is -2.15. The van der Waals surface area contributed by atoms with Gasteiger partial charge in [0.25, 0.3) is 0 Å². The van der Waals surface area contributed by atoms with E-state index in [0.29, 0.717) is 6.04 Å². The van der Waals surface area contributed by atoms with Crippen LogP contribution in [0.2, 0.25) is 0 Å². The molecule has 0 radical (unpaired) electrons. The second-order valence-corrected chi connectivity index (χ2v) is 4.34. The summed E-state index contributed by atoms with van der Waals surface area (Å²) < 4.78 is 11.8. The minimum Gasteiger partial charge on any atom is -0.355 e. The van der Waals surface area contributed by atoms with Crippen molar-refractivity contribution in [2.75, 3.05) is 18.0 Å². The van der Waals surface area contributed by atoms with Gasteiger partial charge >= 0.3 is 0 Å². The lowest BCUT2D eigenvalue weighted by molar-refractivity contribution is 0.584. The third kappa shape index (κ3) is 4.30. The highest BCUT2D eigenvalue weighted by atomic mass is 19.1. The Labute approximate surface area is 112 Å². The predicted octanol–water partition coefficient (Wildman–Crippen LogP) is 1.84. The summed E-state index contributed by atoms with van der Waals surface area (Å²) in [5.41, 5.74) is 5.79. The van der Waals surface area contributed by atoms with E-state index >= 15 is 0 Å². The molecule has 0 aliphatic carbocycles. The number of halogens is 1. The topological polar surface area (TPSA) is 55.0 Å². The van der Waals surface area contributed by atoms with Gasteiger partial charge in [-0.2, -0.15) is 4.39 Å². The van der Waals surface area contributed by atoms with Crippen LogP contribution in [-0.2, 0) is 0 Å². The molecule has 0 bridgehead atoms. The highest BCUT2D eigenvalue weighted by Crippen LogP contribution is 2.15. The molecular weight excluding hydrogens is 243 g/mol. The van der Waals surface area contributed by atoms with E-state index in [-0.39, 0.29) is 0 Å². The number of pyridine rings is 2. The van der Waals surface area contributed by atoms with Crippen LogP contribution in [0.15, 0.2) is 48.8 Å². The molecule has 1 unspecified atom stereocenters. The fraction of sp³-hybridized carbons (Fsp3) is 0.286. The van der Waals surface area contributed by atoms with Crippen LogP contribution in [0.1, 0.15) is 6.42 Å². The molecule has 3 rings (SSSR count). The largest absolute Gasteiger partial charge is 0.355 e. The van der Waals surface area contributed by atoms with Gasteiger partial charge in [0, 0.05) is 31.5 Å². The lowest BCUT2D eigenvalue weighted by Crippen LogP contribution is -2.26. The predicted molar refractivity (Wildman–Crippen MR) is 73.2 cm³/mol. The lowest BCUT2D eigenvalue weighted by atomic mass is 10.3. The quantitative estimate of drug-likeness (QED) is 0.795. The summed E-state index contributed by atoms with van der Waals surface area (Å²) in [6.07, 6.45) is 4.31. The van der Waals surface area contributed by atoms with E-state index in [9.17, 15) is 4.39 Å². The van der Waals surface area contributed by atoms with E-state index in [4.69, 9.17) is 5.73 Å². The van der Waals surface area contributed by atoms with Gasteiger partial charge in [-0.1, -0.05) is 12.1 Å². The summed E-state index contributed by atoms with van der Waals surface area (Å²) in [5, 5.41) is 0. The maximum absolute atomic E-state index is 11.8. The fourth-order valence-electron chi connectivity index (χ4n) is 1.88. The Bertz CT molecular complexity index is 477. The van der Waals surface area contributed by atoms with Crippen LogP contribution < -0.4 is 10.6 Å². The average Bonchev–Trinajstić information content (AvgIpc) is 2.88. The minimum absolute atomic E-state index is 0.326. The van der Waals surface area contributed by atoms with Gasteiger partial charge in [-0.3, -0.25) is 0 Å². The molecule has 1 fully saturated rings. The van der Waals surface area contributed by atoms with Crippen molar-refractivity contribution in [2.24, 2.45) is 5.73 Å². The maximum atomic E-state index is 11.8. The highest BCUT2D eigenvalue weighted by molar-refractivity contribution is 5.39. The summed E-state index contributed by atoms with van der Waals surface area (Å²) in [6.45, 7) is 1.98. The zero-order valence-corrected chi connectivity index (χ0v) is 10.6. The zero-order chi connectivity index (χ0) is 13.5. The Hall–Kier alpha value is -2.01. The van der Waals surface area contributed by atoms with E-state index < -0.39 is 5.95 Å². The van der Waals surface area contributed by atoms with Crippen LogP contribution >= 0.6 is 0 Å². The molecule has 2 aromatic rings. The first-order valence-corrected chi connectivity index (χ1v) is 6.24. The van der Waals surface area contributed by atoms with E-state index in [2.05, 4.69) is 14.9 Å². The normalized spacial score (nSPS) is 17.8. The molecule has 0 amide bonds. The maximum Gasteiger partial charge on any atom is 0.212 e. The molecule has 100 valence electrons. The molecule has 0 aromatic carbocycles. The number of rotatable bonds is 1. The van der Waals surface area contributed by atoms with Crippen molar-refractivity contribution >= 4 is 5.82 Å². The molecule has 4 nitrogen and oxygen atoms in total. The van der Waals surface area contributed by atoms with Crippen molar-refractivity contribution < 1.29 is 4.39 Å². The first kappa shape index (κ1) is 13.4. The van der Waals surface area contributed by atoms with Gasteiger partial charge in [-0.25, -0.2) is 9.97 Å². The van der Waals surface area contributed by atoms with Crippen LogP contribution in [0.4, 0.5) is 10.2 Å². The smallest absolute Gasteiger partial charge is 0.212 e. The third-order valence-corrected chi connectivity index (χ3v) is 2.83. The van der Waals surface area contributed by atoms with Crippen molar-refractivity contribution in [3.8, 4) is 0 Å². The molecule has 5 heteroatoms. The number of hydrogen-bond donors (Lipinski definition) is 1. The van der Waals surface area contributed by atoms with Gasteiger partial charge in [0.1, 0.15) is 5.82 Å². The Morgan fingerprint density at radius 3 is 2.26 bits per heavy atom. The van der Waals surface area contributed by atoms with Crippen molar-refractivity contribution in [3.05, 3.63) is 54.7 Å². The fourth-order valence-corrected chi connectivity index (χ4v) is 1.88. The molecule has 1 saturated heterocycles. The Kier molecular flexibility index (Phi) is 4.80. The van der Waals surface area contributed by atoms with Crippen molar-refractivity contribution in [2.45, 2.75) is 12.5 Å². The molecule has 0 saturated carbocycles. The van der Waals surface area contributed by atoms with Gasteiger partial charge in [0.15, 0.2) is 0 Å². The van der Waals surface area contributed by atoms with Crippen LogP contribution in [0.5, 0.6) is 0 Å². The highest BCUT2D eigenvalue weighted by Gasteiger charge is 2.19. The van der Waals surface area contributed by atoms with Gasteiger partial charge in [-0.05, 0) is 30.7 Å². The van der Waals surface area contributed by atoms with Crippen LogP contribution in [0, 0.1) is 5.95 Å². The SMILES string of the molecule is Fc1ccccn1.NC1CCN(c2ccccn2)C1. The summed E-state index contributed by atoms with van der Waals surface area (Å²) in [7, 11) is 0.